The van der Waals surface area contributed by atoms with Crippen molar-refractivity contribution in [3.63, 3.8) is 0 Å². The Morgan fingerprint density at radius 2 is 2.08 bits per heavy atom. The second-order valence-corrected chi connectivity index (χ2v) is 7.35. The van der Waals surface area contributed by atoms with Gasteiger partial charge >= 0.3 is 0 Å². The molecule has 1 aromatic carbocycles. The molecule has 1 aromatic rings. The van der Waals surface area contributed by atoms with E-state index in [1.807, 2.05) is 7.05 Å². The van der Waals surface area contributed by atoms with Crippen LogP contribution >= 0.6 is 0 Å². The number of likely N-dealkylation sites (tertiary alicyclic amines) is 1. The summed E-state index contributed by atoms with van der Waals surface area (Å²) in [4.78, 5) is 9.23. The Morgan fingerprint density at radius 1 is 1.31 bits per heavy atom. The molecule has 5 heteroatoms. The van der Waals surface area contributed by atoms with Gasteiger partial charge in [-0.2, -0.15) is 0 Å². The second kappa shape index (κ2) is 11.2. The maximum Gasteiger partial charge on any atom is 0.193 e. The fourth-order valence-corrected chi connectivity index (χ4v) is 3.77. The average molecular weight is 361 g/mol. The first-order valence-corrected chi connectivity index (χ1v) is 9.83. The Balaban J connectivity index is 1.75. The predicted octanol–water partition coefficient (Wildman–Crippen LogP) is 2.66. The highest BCUT2D eigenvalue weighted by Crippen LogP contribution is 2.32. The van der Waals surface area contributed by atoms with Gasteiger partial charge in [0.05, 0.1) is 6.61 Å². The summed E-state index contributed by atoms with van der Waals surface area (Å²) < 4.78 is 5.12. The monoisotopic (exact) mass is 360 g/mol. The van der Waals surface area contributed by atoms with E-state index in [4.69, 9.17) is 4.74 Å². The predicted molar refractivity (Wildman–Crippen MR) is 110 cm³/mol. The summed E-state index contributed by atoms with van der Waals surface area (Å²) in [6, 6.07) is 10.9. The lowest BCUT2D eigenvalue weighted by molar-refractivity contribution is 0.160. The standard InChI is InChI=1S/C21H36N4O/c1-18-17-25(14-11-20(18)19-9-6-5-7-10-19)21(22-2)23-12-8-13-24(3)15-16-26-4/h5-7,9-10,18,20H,8,11-17H2,1-4H3,(H,22,23). The molecule has 1 saturated heterocycles. The summed E-state index contributed by atoms with van der Waals surface area (Å²) in [5, 5.41) is 3.54. The molecule has 0 aliphatic carbocycles. The van der Waals surface area contributed by atoms with E-state index in [0.29, 0.717) is 11.8 Å². The van der Waals surface area contributed by atoms with E-state index in [1.54, 1.807) is 7.11 Å². The van der Waals surface area contributed by atoms with E-state index in [-0.39, 0.29) is 0 Å². The lowest BCUT2D eigenvalue weighted by Crippen LogP contribution is -2.48. The number of aliphatic imine (C=N–C) groups is 1. The van der Waals surface area contributed by atoms with Crippen molar-refractivity contribution in [2.75, 3.05) is 60.5 Å². The minimum absolute atomic E-state index is 0.630. The first-order valence-electron chi connectivity index (χ1n) is 9.83. The van der Waals surface area contributed by atoms with E-state index in [2.05, 4.69) is 64.4 Å². The largest absolute Gasteiger partial charge is 0.383 e. The Morgan fingerprint density at radius 3 is 2.73 bits per heavy atom. The number of benzene rings is 1. The van der Waals surface area contributed by atoms with Crippen molar-refractivity contribution in [3.05, 3.63) is 35.9 Å². The van der Waals surface area contributed by atoms with E-state index < -0.39 is 0 Å². The van der Waals surface area contributed by atoms with E-state index in [9.17, 15) is 0 Å². The number of ether oxygens (including phenoxy) is 1. The van der Waals surface area contributed by atoms with Crippen molar-refractivity contribution < 1.29 is 4.74 Å². The highest BCUT2D eigenvalue weighted by Gasteiger charge is 2.28. The quantitative estimate of drug-likeness (QED) is 0.440. The molecule has 0 bridgehead atoms. The summed E-state index contributed by atoms with van der Waals surface area (Å²) in [7, 11) is 5.78. The Bertz CT molecular complexity index is 534. The number of nitrogens with zero attached hydrogens (tertiary/aromatic N) is 3. The molecule has 5 nitrogen and oxygen atoms in total. The van der Waals surface area contributed by atoms with Crippen LogP contribution in [0.4, 0.5) is 0 Å². The summed E-state index contributed by atoms with van der Waals surface area (Å²) >= 11 is 0. The third kappa shape index (κ3) is 6.29. The molecule has 1 aliphatic heterocycles. The van der Waals surface area contributed by atoms with Crippen LogP contribution in [0.25, 0.3) is 0 Å². The lowest BCUT2D eigenvalue weighted by Gasteiger charge is -2.39. The number of rotatable bonds is 8. The van der Waals surface area contributed by atoms with Crippen LogP contribution in [0.15, 0.2) is 35.3 Å². The zero-order valence-corrected chi connectivity index (χ0v) is 16.9. The molecule has 0 saturated carbocycles. The number of hydrogen-bond acceptors (Lipinski definition) is 3. The van der Waals surface area contributed by atoms with Gasteiger partial charge in [-0.15, -0.1) is 0 Å². The van der Waals surface area contributed by atoms with Gasteiger partial charge in [0, 0.05) is 40.3 Å². The van der Waals surface area contributed by atoms with Crippen LogP contribution in [0.2, 0.25) is 0 Å². The molecule has 1 fully saturated rings. The average Bonchev–Trinajstić information content (AvgIpc) is 2.67. The third-order valence-corrected chi connectivity index (χ3v) is 5.32. The van der Waals surface area contributed by atoms with Gasteiger partial charge < -0.3 is 19.9 Å². The van der Waals surface area contributed by atoms with Crippen LogP contribution in [0, 0.1) is 5.92 Å². The first-order chi connectivity index (χ1) is 12.7. The lowest BCUT2D eigenvalue weighted by atomic mass is 9.82. The summed E-state index contributed by atoms with van der Waals surface area (Å²) in [6.45, 7) is 8.29. The zero-order chi connectivity index (χ0) is 18.8. The van der Waals surface area contributed by atoms with Crippen molar-refractivity contribution in [3.8, 4) is 0 Å². The smallest absolute Gasteiger partial charge is 0.193 e. The number of piperidine rings is 1. The first kappa shape index (κ1) is 20.7. The molecular formula is C21H36N4O. The Hall–Kier alpha value is -1.59. The Labute approximate surface area is 159 Å². The van der Waals surface area contributed by atoms with Gasteiger partial charge in [-0.3, -0.25) is 4.99 Å². The van der Waals surface area contributed by atoms with E-state index in [0.717, 1.165) is 51.7 Å². The van der Waals surface area contributed by atoms with Crippen LogP contribution < -0.4 is 5.32 Å². The van der Waals surface area contributed by atoms with Crippen molar-refractivity contribution in [1.82, 2.24) is 15.1 Å². The topological polar surface area (TPSA) is 40.1 Å². The van der Waals surface area contributed by atoms with Crippen LogP contribution in [-0.2, 0) is 4.74 Å². The van der Waals surface area contributed by atoms with Crippen molar-refractivity contribution in [2.24, 2.45) is 10.9 Å². The van der Waals surface area contributed by atoms with Gasteiger partial charge in [0.15, 0.2) is 5.96 Å². The van der Waals surface area contributed by atoms with Crippen molar-refractivity contribution >= 4 is 5.96 Å². The molecule has 1 aliphatic rings. The van der Waals surface area contributed by atoms with E-state index >= 15 is 0 Å². The molecule has 0 aromatic heterocycles. The molecule has 2 rings (SSSR count). The third-order valence-electron chi connectivity index (χ3n) is 5.32. The molecule has 2 atom stereocenters. The van der Waals surface area contributed by atoms with Gasteiger partial charge in [0.1, 0.15) is 0 Å². The van der Waals surface area contributed by atoms with Gasteiger partial charge in [0.2, 0.25) is 0 Å². The van der Waals surface area contributed by atoms with E-state index in [1.165, 1.54) is 12.0 Å². The molecule has 0 amide bonds. The SMILES string of the molecule is CN=C(NCCCN(C)CCOC)N1CCC(c2ccccc2)C(C)C1. The van der Waals surface area contributed by atoms with Crippen LogP contribution in [0.1, 0.15) is 31.2 Å². The number of methoxy groups -OCH3 is 1. The number of hydrogen-bond donors (Lipinski definition) is 1. The molecule has 1 N–H and O–H groups in total. The molecule has 1 heterocycles. The molecule has 0 spiro atoms. The van der Waals surface area contributed by atoms with Crippen LogP contribution in [0.5, 0.6) is 0 Å². The van der Waals surface area contributed by atoms with Gasteiger partial charge in [-0.25, -0.2) is 0 Å². The minimum atomic E-state index is 0.630. The zero-order valence-electron chi connectivity index (χ0n) is 16.9. The fourth-order valence-electron chi connectivity index (χ4n) is 3.77. The Kier molecular flexibility index (Phi) is 8.92. The maximum absolute atomic E-state index is 5.12. The van der Waals surface area contributed by atoms with Crippen molar-refractivity contribution in [1.29, 1.82) is 0 Å². The molecule has 26 heavy (non-hydrogen) atoms. The summed E-state index contributed by atoms with van der Waals surface area (Å²) in [5.41, 5.74) is 1.47. The number of nitrogens with one attached hydrogen (secondary N) is 1. The second-order valence-electron chi connectivity index (χ2n) is 7.35. The molecule has 146 valence electrons. The minimum Gasteiger partial charge on any atom is -0.383 e. The fraction of sp³-hybridized carbons (Fsp3) is 0.667. The van der Waals surface area contributed by atoms with Gasteiger partial charge in [-0.1, -0.05) is 37.3 Å². The highest BCUT2D eigenvalue weighted by atomic mass is 16.5. The normalized spacial score (nSPS) is 21.3. The highest BCUT2D eigenvalue weighted by molar-refractivity contribution is 5.80. The molecule has 0 radical (unpaired) electrons. The maximum atomic E-state index is 5.12. The summed E-state index contributed by atoms with van der Waals surface area (Å²) in [5.74, 6) is 2.33. The number of guanidine groups is 1. The van der Waals surface area contributed by atoms with Crippen LogP contribution in [0.3, 0.4) is 0 Å². The van der Waals surface area contributed by atoms with Crippen LogP contribution in [-0.4, -0.2) is 76.3 Å². The van der Waals surface area contributed by atoms with Gasteiger partial charge in [-0.05, 0) is 43.8 Å². The number of likely N-dealkylation sites (N-methyl/N-ethyl adjacent to an activating group) is 1. The van der Waals surface area contributed by atoms with Gasteiger partial charge in [0.25, 0.3) is 0 Å². The molecular weight excluding hydrogens is 324 g/mol. The summed E-state index contributed by atoms with van der Waals surface area (Å²) in [6.07, 6.45) is 2.29. The van der Waals surface area contributed by atoms with Crippen molar-refractivity contribution in [2.45, 2.75) is 25.7 Å². The molecule has 2 unspecified atom stereocenters.